The van der Waals surface area contributed by atoms with Gasteiger partial charge in [-0.05, 0) is 18.9 Å². The van der Waals surface area contributed by atoms with Gasteiger partial charge in [0.2, 0.25) is 0 Å². The Balaban J connectivity index is 2.42. The molecule has 0 saturated carbocycles. The van der Waals surface area contributed by atoms with Crippen molar-refractivity contribution in [3.8, 4) is 5.75 Å². The minimum atomic E-state index is 0.785. The summed E-state index contributed by atoms with van der Waals surface area (Å²) in [6.07, 6.45) is 5.13. The van der Waals surface area contributed by atoms with Crippen LogP contribution in [0.25, 0.3) is 0 Å². The Hall–Kier alpha value is -1.25. The number of hydrogen-bond donors (Lipinski definition) is 1. The van der Waals surface area contributed by atoms with E-state index in [-0.39, 0.29) is 0 Å². The van der Waals surface area contributed by atoms with Crippen LogP contribution in [-0.2, 0) is 0 Å². The van der Waals surface area contributed by atoms with Gasteiger partial charge in [-0.3, -0.25) is 0 Å². The molecule has 1 aromatic rings. The number of pyridine rings is 1. The van der Waals surface area contributed by atoms with Crippen molar-refractivity contribution < 1.29 is 4.74 Å². The van der Waals surface area contributed by atoms with Gasteiger partial charge in [0, 0.05) is 18.8 Å². The molecule has 0 aliphatic rings. The van der Waals surface area contributed by atoms with Crippen LogP contribution in [-0.4, -0.2) is 18.1 Å². The molecular formula is C12H20N2O. The van der Waals surface area contributed by atoms with Gasteiger partial charge in [0.15, 0.2) is 0 Å². The SMILES string of the molecule is CCCCOc1ccnc(NCCC)c1. The fourth-order valence-corrected chi connectivity index (χ4v) is 1.19. The van der Waals surface area contributed by atoms with E-state index < -0.39 is 0 Å². The molecule has 0 aliphatic carbocycles. The Morgan fingerprint density at radius 3 is 2.93 bits per heavy atom. The molecule has 1 heterocycles. The molecule has 1 aromatic heterocycles. The molecule has 1 N–H and O–H groups in total. The lowest BCUT2D eigenvalue weighted by atomic mass is 10.3. The van der Waals surface area contributed by atoms with Crippen LogP contribution in [0.5, 0.6) is 5.75 Å². The van der Waals surface area contributed by atoms with E-state index in [4.69, 9.17) is 4.74 Å². The third-order valence-corrected chi connectivity index (χ3v) is 2.05. The highest BCUT2D eigenvalue weighted by atomic mass is 16.5. The highest BCUT2D eigenvalue weighted by molar-refractivity contribution is 5.40. The zero-order chi connectivity index (χ0) is 10.9. The number of hydrogen-bond acceptors (Lipinski definition) is 3. The first-order valence-electron chi connectivity index (χ1n) is 5.69. The standard InChI is InChI=1S/C12H20N2O/c1-3-5-9-15-11-6-8-14-12(10-11)13-7-4-2/h6,8,10H,3-5,7,9H2,1-2H3,(H,13,14). The molecule has 0 amide bonds. The van der Waals surface area contributed by atoms with E-state index in [1.54, 1.807) is 6.20 Å². The second-order valence-electron chi connectivity index (χ2n) is 3.51. The summed E-state index contributed by atoms with van der Waals surface area (Å²) in [5, 5.41) is 3.23. The molecule has 0 atom stereocenters. The van der Waals surface area contributed by atoms with E-state index in [1.807, 2.05) is 12.1 Å². The van der Waals surface area contributed by atoms with E-state index in [9.17, 15) is 0 Å². The lowest BCUT2D eigenvalue weighted by Gasteiger charge is -2.07. The van der Waals surface area contributed by atoms with Crippen LogP contribution in [0.1, 0.15) is 33.1 Å². The van der Waals surface area contributed by atoms with Crippen molar-refractivity contribution in [1.82, 2.24) is 4.98 Å². The van der Waals surface area contributed by atoms with Crippen LogP contribution >= 0.6 is 0 Å². The van der Waals surface area contributed by atoms with Gasteiger partial charge in [-0.15, -0.1) is 0 Å². The van der Waals surface area contributed by atoms with Crippen molar-refractivity contribution in [1.29, 1.82) is 0 Å². The van der Waals surface area contributed by atoms with E-state index in [0.29, 0.717) is 0 Å². The van der Waals surface area contributed by atoms with Crippen LogP contribution in [0.3, 0.4) is 0 Å². The second kappa shape index (κ2) is 7.10. The van der Waals surface area contributed by atoms with Gasteiger partial charge in [-0.1, -0.05) is 20.3 Å². The van der Waals surface area contributed by atoms with Crippen LogP contribution in [0.4, 0.5) is 5.82 Å². The van der Waals surface area contributed by atoms with E-state index in [0.717, 1.165) is 44.0 Å². The van der Waals surface area contributed by atoms with Gasteiger partial charge in [0.05, 0.1) is 6.61 Å². The summed E-state index contributed by atoms with van der Waals surface area (Å²) in [4.78, 5) is 4.21. The van der Waals surface area contributed by atoms with Gasteiger partial charge in [-0.2, -0.15) is 0 Å². The Labute approximate surface area is 91.9 Å². The summed E-state index contributed by atoms with van der Waals surface area (Å²) < 4.78 is 5.59. The average molecular weight is 208 g/mol. The number of anilines is 1. The molecule has 3 nitrogen and oxygen atoms in total. The van der Waals surface area contributed by atoms with Crippen molar-refractivity contribution in [3.63, 3.8) is 0 Å². The van der Waals surface area contributed by atoms with Crippen molar-refractivity contribution in [3.05, 3.63) is 18.3 Å². The van der Waals surface area contributed by atoms with Crippen molar-refractivity contribution in [2.75, 3.05) is 18.5 Å². The van der Waals surface area contributed by atoms with Gasteiger partial charge in [0.25, 0.3) is 0 Å². The number of ether oxygens (including phenoxy) is 1. The highest BCUT2D eigenvalue weighted by Crippen LogP contribution is 2.14. The van der Waals surface area contributed by atoms with E-state index in [2.05, 4.69) is 24.1 Å². The molecular weight excluding hydrogens is 188 g/mol. The topological polar surface area (TPSA) is 34.1 Å². The molecule has 0 aromatic carbocycles. The molecule has 84 valence electrons. The molecule has 0 bridgehead atoms. The molecule has 0 aliphatic heterocycles. The summed E-state index contributed by atoms with van der Waals surface area (Å²) in [6.45, 7) is 6.03. The van der Waals surface area contributed by atoms with E-state index in [1.165, 1.54) is 0 Å². The monoisotopic (exact) mass is 208 g/mol. The molecule has 1 rings (SSSR count). The largest absolute Gasteiger partial charge is 0.493 e. The summed E-state index contributed by atoms with van der Waals surface area (Å²) in [5.74, 6) is 1.79. The smallest absolute Gasteiger partial charge is 0.129 e. The third kappa shape index (κ3) is 4.68. The fourth-order valence-electron chi connectivity index (χ4n) is 1.19. The summed E-state index contributed by atoms with van der Waals surface area (Å²) in [6, 6.07) is 3.85. The lowest BCUT2D eigenvalue weighted by Crippen LogP contribution is -2.02. The maximum absolute atomic E-state index is 5.59. The number of unbranched alkanes of at least 4 members (excludes halogenated alkanes) is 1. The van der Waals surface area contributed by atoms with Crippen LogP contribution in [0.15, 0.2) is 18.3 Å². The molecule has 0 radical (unpaired) electrons. The minimum absolute atomic E-state index is 0.785. The Bertz CT molecular complexity index is 276. The zero-order valence-corrected chi connectivity index (χ0v) is 9.62. The maximum Gasteiger partial charge on any atom is 0.129 e. The van der Waals surface area contributed by atoms with E-state index >= 15 is 0 Å². The predicted octanol–water partition coefficient (Wildman–Crippen LogP) is 3.08. The van der Waals surface area contributed by atoms with Gasteiger partial charge in [0.1, 0.15) is 11.6 Å². The number of aromatic nitrogens is 1. The number of nitrogens with one attached hydrogen (secondary N) is 1. The average Bonchev–Trinajstić information content (AvgIpc) is 2.27. The number of nitrogens with zero attached hydrogens (tertiary/aromatic N) is 1. The first-order valence-corrected chi connectivity index (χ1v) is 5.69. The molecule has 15 heavy (non-hydrogen) atoms. The van der Waals surface area contributed by atoms with Gasteiger partial charge < -0.3 is 10.1 Å². The predicted molar refractivity (Wildman–Crippen MR) is 63.4 cm³/mol. The van der Waals surface area contributed by atoms with Crippen LogP contribution < -0.4 is 10.1 Å². The highest BCUT2D eigenvalue weighted by Gasteiger charge is 1.96. The normalized spacial score (nSPS) is 10.0. The van der Waals surface area contributed by atoms with Crippen LogP contribution in [0, 0.1) is 0 Å². The summed E-state index contributed by atoms with van der Waals surface area (Å²) in [7, 11) is 0. The summed E-state index contributed by atoms with van der Waals surface area (Å²) >= 11 is 0. The van der Waals surface area contributed by atoms with Crippen molar-refractivity contribution >= 4 is 5.82 Å². The Morgan fingerprint density at radius 1 is 1.33 bits per heavy atom. The minimum Gasteiger partial charge on any atom is -0.493 e. The number of rotatable bonds is 7. The third-order valence-electron chi connectivity index (χ3n) is 2.05. The molecule has 0 unspecified atom stereocenters. The first-order chi connectivity index (χ1) is 7.36. The van der Waals surface area contributed by atoms with Crippen LogP contribution in [0.2, 0.25) is 0 Å². The Kier molecular flexibility index (Phi) is 5.59. The van der Waals surface area contributed by atoms with Gasteiger partial charge >= 0.3 is 0 Å². The van der Waals surface area contributed by atoms with Gasteiger partial charge in [-0.25, -0.2) is 4.98 Å². The fraction of sp³-hybridized carbons (Fsp3) is 0.583. The second-order valence-corrected chi connectivity index (χ2v) is 3.51. The maximum atomic E-state index is 5.59. The molecule has 0 saturated heterocycles. The first kappa shape index (κ1) is 11.8. The molecule has 0 fully saturated rings. The van der Waals surface area contributed by atoms with Crippen molar-refractivity contribution in [2.24, 2.45) is 0 Å². The lowest BCUT2D eigenvalue weighted by molar-refractivity contribution is 0.309. The van der Waals surface area contributed by atoms with Crippen molar-refractivity contribution in [2.45, 2.75) is 33.1 Å². The summed E-state index contributed by atoms with van der Waals surface area (Å²) in [5.41, 5.74) is 0. The quantitative estimate of drug-likeness (QED) is 0.699. The zero-order valence-electron chi connectivity index (χ0n) is 9.62. The molecule has 3 heteroatoms. The molecule has 0 spiro atoms. The Morgan fingerprint density at radius 2 is 2.20 bits per heavy atom.